The van der Waals surface area contributed by atoms with E-state index in [2.05, 4.69) is 24.5 Å². The molecule has 0 spiro atoms. The Morgan fingerprint density at radius 1 is 1.17 bits per heavy atom. The number of carbonyl (C=O) groups is 1. The molecule has 130 valence electrons. The van der Waals surface area contributed by atoms with Crippen LogP contribution in [-0.2, 0) is 0 Å². The van der Waals surface area contributed by atoms with Crippen LogP contribution in [0, 0.1) is 12.8 Å². The van der Waals surface area contributed by atoms with Gasteiger partial charge in [-0.2, -0.15) is 0 Å². The van der Waals surface area contributed by atoms with Crippen molar-refractivity contribution in [2.24, 2.45) is 5.92 Å². The minimum absolute atomic E-state index is 0.0227. The molecule has 0 saturated heterocycles. The van der Waals surface area contributed by atoms with Crippen LogP contribution in [0.2, 0.25) is 0 Å². The summed E-state index contributed by atoms with van der Waals surface area (Å²) in [6.45, 7) is 6.09. The van der Waals surface area contributed by atoms with Crippen LogP contribution in [0.5, 0.6) is 11.5 Å². The molecular weight excluding hydrogens is 324 g/mol. The van der Waals surface area contributed by atoms with E-state index >= 15 is 0 Å². The monoisotopic (exact) mass is 348 g/mol. The Morgan fingerprint density at radius 2 is 1.83 bits per heavy atom. The number of thiophene rings is 1. The number of rotatable bonds is 6. The molecule has 0 bridgehead atoms. The summed E-state index contributed by atoms with van der Waals surface area (Å²) < 4.78 is 10.6. The van der Waals surface area contributed by atoms with E-state index in [1.807, 2.05) is 30.5 Å². The first kappa shape index (κ1) is 18.1. The smallest absolute Gasteiger partial charge is 0.319 e. The lowest BCUT2D eigenvalue weighted by atomic mass is 10.0. The van der Waals surface area contributed by atoms with Crippen molar-refractivity contribution in [1.29, 1.82) is 0 Å². The predicted molar refractivity (Wildman–Crippen MR) is 98.3 cm³/mol. The minimum Gasteiger partial charge on any atom is -0.493 e. The summed E-state index contributed by atoms with van der Waals surface area (Å²) in [7, 11) is 3.16. The molecule has 5 nitrogen and oxygen atoms in total. The van der Waals surface area contributed by atoms with Gasteiger partial charge in [0.2, 0.25) is 0 Å². The van der Waals surface area contributed by atoms with Gasteiger partial charge >= 0.3 is 6.03 Å². The van der Waals surface area contributed by atoms with Crippen molar-refractivity contribution in [2.45, 2.75) is 26.8 Å². The fourth-order valence-corrected chi connectivity index (χ4v) is 3.40. The molecule has 1 atom stereocenters. The largest absolute Gasteiger partial charge is 0.493 e. The molecule has 1 aromatic carbocycles. The van der Waals surface area contributed by atoms with Gasteiger partial charge in [0.15, 0.2) is 11.5 Å². The quantitative estimate of drug-likeness (QED) is 0.802. The van der Waals surface area contributed by atoms with Gasteiger partial charge < -0.3 is 20.1 Å². The lowest BCUT2D eigenvalue weighted by Gasteiger charge is -2.22. The molecular formula is C18H24N2O3S. The van der Waals surface area contributed by atoms with Crippen LogP contribution in [0.15, 0.2) is 29.6 Å². The lowest BCUT2D eigenvalue weighted by Crippen LogP contribution is -2.34. The van der Waals surface area contributed by atoms with E-state index in [1.165, 1.54) is 0 Å². The van der Waals surface area contributed by atoms with E-state index in [0.29, 0.717) is 23.1 Å². The van der Waals surface area contributed by atoms with Crippen LogP contribution in [0.25, 0.3) is 0 Å². The molecule has 0 aliphatic heterocycles. The minimum atomic E-state index is -0.239. The van der Waals surface area contributed by atoms with Crippen LogP contribution in [0.1, 0.15) is 30.3 Å². The van der Waals surface area contributed by atoms with E-state index in [1.54, 1.807) is 31.6 Å². The van der Waals surface area contributed by atoms with E-state index in [4.69, 9.17) is 9.47 Å². The van der Waals surface area contributed by atoms with E-state index in [-0.39, 0.29) is 12.1 Å². The zero-order valence-corrected chi connectivity index (χ0v) is 15.5. The van der Waals surface area contributed by atoms with Crippen LogP contribution < -0.4 is 20.1 Å². The molecule has 2 amide bonds. The molecule has 0 fully saturated rings. The Morgan fingerprint density at radius 3 is 2.38 bits per heavy atom. The fourth-order valence-electron chi connectivity index (χ4n) is 2.45. The lowest BCUT2D eigenvalue weighted by molar-refractivity contribution is 0.245. The van der Waals surface area contributed by atoms with Gasteiger partial charge in [-0.15, -0.1) is 11.3 Å². The molecule has 1 aromatic heterocycles. The summed E-state index contributed by atoms with van der Waals surface area (Å²) in [5.41, 5.74) is 1.60. The number of urea groups is 1. The number of benzene rings is 1. The number of nitrogens with one attached hydrogen (secondary N) is 2. The predicted octanol–water partition coefficient (Wildman–Crippen LogP) is 4.59. The van der Waals surface area contributed by atoms with Crippen molar-refractivity contribution in [3.8, 4) is 11.5 Å². The number of aryl methyl sites for hydroxylation is 1. The summed E-state index contributed by atoms with van der Waals surface area (Å²) in [6.07, 6.45) is 0. The molecule has 1 heterocycles. The van der Waals surface area contributed by atoms with Gasteiger partial charge in [0.1, 0.15) is 0 Å². The maximum absolute atomic E-state index is 12.4. The summed E-state index contributed by atoms with van der Waals surface area (Å²) >= 11 is 1.64. The second kappa shape index (κ2) is 8.06. The highest BCUT2D eigenvalue weighted by molar-refractivity contribution is 7.10. The van der Waals surface area contributed by atoms with Crippen molar-refractivity contribution in [2.75, 3.05) is 19.5 Å². The summed E-state index contributed by atoms with van der Waals surface area (Å²) in [4.78, 5) is 13.6. The molecule has 0 saturated carbocycles. The summed E-state index contributed by atoms with van der Waals surface area (Å²) in [5, 5.41) is 7.97. The molecule has 0 unspecified atom stereocenters. The van der Waals surface area contributed by atoms with E-state index in [0.717, 1.165) is 10.4 Å². The van der Waals surface area contributed by atoms with Crippen LogP contribution in [-0.4, -0.2) is 20.3 Å². The van der Waals surface area contributed by atoms with Crippen LogP contribution in [0.3, 0.4) is 0 Å². The van der Waals surface area contributed by atoms with Gasteiger partial charge in [-0.1, -0.05) is 19.9 Å². The van der Waals surface area contributed by atoms with Gasteiger partial charge in [0.05, 0.1) is 20.3 Å². The third kappa shape index (κ3) is 4.20. The Hall–Kier alpha value is -2.21. The number of hydrogen-bond acceptors (Lipinski definition) is 4. The average molecular weight is 348 g/mol. The summed E-state index contributed by atoms with van der Waals surface area (Å²) in [6, 6.07) is 7.38. The second-order valence-electron chi connectivity index (χ2n) is 5.86. The van der Waals surface area contributed by atoms with Gasteiger partial charge in [-0.25, -0.2) is 4.79 Å². The van der Waals surface area contributed by atoms with Crippen molar-refractivity contribution in [1.82, 2.24) is 5.32 Å². The first-order chi connectivity index (χ1) is 11.5. The van der Waals surface area contributed by atoms with Crippen LogP contribution in [0.4, 0.5) is 10.5 Å². The SMILES string of the molecule is COc1cc(C)c(NC(=O)N[C@H](c2cccs2)C(C)C)cc1OC. The highest BCUT2D eigenvalue weighted by Crippen LogP contribution is 2.33. The summed E-state index contributed by atoms with van der Waals surface area (Å²) in [5.74, 6) is 1.51. The average Bonchev–Trinajstić information content (AvgIpc) is 3.07. The van der Waals surface area contributed by atoms with Crippen molar-refractivity contribution in [3.63, 3.8) is 0 Å². The maximum atomic E-state index is 12.4. The second-order valence-corrected chi connectivity index (χ2v) is 6.84. The fraction of sp³-hybridized carbons (Fsp3) is 0.389. The third-order valence-corrected chi connectivity index (χ3v) is 4.74. The number of ether oxygens (including phenoxy) is 2. The normalized spacial score (nSPS) is 11.9. The first-order valence-corrected chi connectivity index (χ1v) is 8.67. The van der Waals surface area contributed by atoms with Crippen molar-refractivity contribution in [3.05, 3.63) is 40.1 Å². The van der Waals surface area contributed by atoms with E-state index in [9.17, 15) is 4.79 Å². The van der Waals surface area contributed by atoms with Gasteiger partial charge in [-0.05, 0) is 35.9 Å². The third-order valence-electron chi connectivity index (χ3n) is 3.78. The molecule has 6 heteroatoms. The highest BCUT2D eigenvalue weighted by atomic mass is 32.1. The molecule has 0 aliphatic carbocycles. The van der Waals surface area contributed by atoms with E-state index < -0.39 is 0 Å². The Bertz CT molecular complexity index is 684. The van der Waals surface area contributed by atoms with Gasteiger partial charge in [-0.3, -0.25) is 0 Å². The molecule has 0 aliphatic rings. The number of amides is 2. The zero-order chi connectivity index (χ0) is 17.7. The molecule has 24 heavy (non-hydrogen) atoms. The van der Waals surface area contributed by atoms with Crippen LogP contribution >= 0.6 is 11.3 Å². The molecule has 2 N–H and O–H groups in total. The van der Waals surface area contributed by atoms with Gasteiger partial charge in [0, 0.05) is 16.6 Å². The topological polar surface area (TPSA) is 59.6 Å². The zero-order valence-electron chi connectivity index (χ0n) is 14.7. The molecule has 0 radical (unpaired) electrons. The Labute approximate surface area is 147 Å². The standard InChI is InChI=1S/C18H24N2O3S/c1-11(2)17(16-7-6-8-24-16)20-18(21)19-13-10-15(23-5)14(22-4)9-12(13)3/h6-11,17H,1-5H3,(H2,19,20,21)/t17-/m0/s1. The van der Waals surface area contributed by atoms with Crippen molar-refractivity contribution >= 4 is 23.1 Å². The number of methoxy groups -OCH3 is 2. The molecule has 2 aromatic rings. The van der Waals surface area contributed by atoms with Crippen molar-refractivity contribution < 1.29 is 14.3 Å². The number of carbonyl (C=O) groups excluding carboxylic acids is 1. The molecule has 2 rings (SSSR count). The Balaban J connectivity index is 2.14. The Kier molecular flexibility index (Phi) is 6.09. The highest BCUT2D eigenvalue weighted by Gasteiger charge is 2.20. The first-order valence-electron chi connectivity index (χ1n) is 7.79. The van der Waals surface area contributed by atoms with Gasteiger partial charge in [0.25, 0.3) is 0 Å². The number of hydrogen-bond donors (Lipinski definition) is 2. The maximum Gasteiger partial charge on any atom is 0.319 e. The number of anilines is 1.